The van der Waals surface area contributed by atoms with Crippen LogP contribution in [0, 0.1) is 0 Å². The van der Waals surface area contributed by atoms with Crippen LogP contribution in [0.5, 0.6) is 23.0 Å². The van der Waals surface area contributed by atoms with Crippen molar-refractivity contribution in [1.82, 2.24) is 9.55 Å². The van der Waals surface area contributed by atoms with Gasteiger partial charge in [-0.1, -0.05) is 41.5 Å². The van der Waals surface area contributed by atoms with Crippen molar-refractivity contribution in [2.75, 3.05) is 14.2 Å². The summed E-state index contributed by atoms with van der Waals surface area (Å²) in [4.78, 5) is 4.96. The maximum absolute atomic E-state index is 11.3. The van der Waals surface area contributed by atoms with Crippen molar-refractivity contribution < 1.29 is 19.7 Å². The number of hydrogen-bond acceptors (Lipinski definition) is 5. The van der Waals surface area contributed by atoms with Gasteiger partial charge >= 0.3 is 0 Å². The third-order valence-electron chi connectivity index (χ3n) is 6.27. The van der Waals surface area contributed by atoms with E-state index in [0.29, 0.717) is 23.1 Å². The van der Waals surface area contributed by atoms with Crippen molar-refractivity contribution in [2.24, 2.45) is 0 Å². The van der Waals surface area contributed by atoms with Crippen molar-refractivity contribution in [1.29, 1.82) is 0 Å². The molecule has 2 N–H and O–H groups in total. The van der Waals surface area contributed by atoms with Gasteiger partial charge in [0.15, 0.2) is 11.5 Å². The van der Waals surface area contributed by atoms with Gasteiger partial charge in [0, 0.05) is 28.4 Å². The summed E-state index contributed by atoms with van der Waals surface area (Å²) in [6.45, 7) is 12.6. The second-order valence-electron chi connectivity index (χ2n) is 10.9. The number of ether oxygens (including phenoxy) is 2. The lowest BCUT2D eigenvalue weighted by Gasteiger charge is -2.28. The molecule has 0 aliphatic heterocycles. The van der Waals surface area contributed by atoms with Gasteiger partial charge in [-0.2, -0.15) is 0 Å². The highest BCUT2D eigenvalue weighted by molar-refractivity contribution is 5.85. The number of phenols is 2. The van der Waals surface area contributed by atoms with E-state index in [-0.39, 0.29) is 16.6 Å². The average Bonchev–Trinajstić information content (AvgIpc) is 3.16. The summed E-state index contributed by atoms with van der Waals surface area (Å²) in [6.07, 6.45) is 0. The zero-order chi connectivity index (χ0) is 25.7. The molecule has 1 heterocycles. The number of nitrogens with zero attached hydrogens (tertiary/aromatic N) is 2. The smallest absolute Gasteiger partial charge is 0.161 e. The zero-order valence-corrected chi connectivity index (χ0v) is 21.7. The van der Waals surface area contributed by atoms with E-state index in [9.17, 15) is 10.2 Å². The molecule has 6 nitrogen and oxygen atoms in total. The lowest BCUT2D eigenvalue weighted by Crippen LogP contribution is -2.18. The van der Waals surface area contributed by atoms with Crippen LogP contribution < -0.4 is 9.47 Å². The first-order valence-corrected chi connectivity index (χ1v) is 11.7. The Morgan fingerprint density at radius 3 is 1.94 bits per heavy atom. The quantitative estimate of drug-likeness (QED) is 0.343. The molecule has 0 fully saturated rings. The summed E-state index contributed by atoms with van der Waals surface area (Å²) in [5.41, 5.74) is 4.54. The van der Waals surface area contributed by atoms with Crippen LogP contribution in [0.4, 0.5) is 0 Å². The molecule has 0 atom stereocenters. The fraction of sp³-hybridized carbons (Fsp3) is 0.345. The summed E-state index contributed by atoms with van der Waals surface area (Å²) in [5.74, 6) is 2.17. The highest BCUT2D eigenvalue weighted by atomic mass is 16.5. The van der Waals surface area contributed by atoms with E-state index in [4.69, 9.17) is 14.5 Å². The molecular weight excluding hydrogens is 440 g/mol. The van der Waals surface area contributed by atoms with E-state index in [1.807, 2.05) is 36.4 Å². The Hall–Kier alpha value is -3.67. The molecule has 0 aliphatic rings. The second-order valence-corrected chi connectivity index (χ2v) is 10.9. The first kappa shape index (κ1) is 24.5. The molecule has 0 spiro atoms. The topological polar surface area (TPSA) is 76.7 Å². The monoisotopic (exact) mass is 474 g/mol. The zero-order valence-electron chi connectivity index (χ0n) is 21.7. The standard InChI is InChI=1S/C29H34N2O4/c1-28(2,3)20-14-18(15-21(26(20)33)29(4,5)6)31-23-11-10-19(34-7)16-22(23)30-27(31)17-9-12-24(32)25(13-17)35-8/h9-16,32-33H,1-8H3. The van der Waals surface area contributed by atoms with Crippen LogP contribution in [-0.4, -0.2) is 34.0 Å². The number of phenolic OH excluding ortho intramolecular Hbond substituents is 2. The molecule has 0 bridgehead atoms. The summed E-state index contributed by atoms with van der Waals surface area (Å²) >= 11 is 0. The molecule has 3 aromatic carbocycles. The Balaban J connectivity index is 2.12. The Morgan fingerprint density at radius 2 is 1.40 bits per heavy atom. The van der Waals surface area contributed by atoms with Gasteiger partial charge < -0.3 is 19.7 Å². The number of imidazole rings is 1. The van der Waals surface area contributed by atoms with Crippen molar-refractivity contribution in [2.45, 2.75) is 52.4 Å². The van der Waals surface area contributed by atoms with Crippen LogP contribution >= 0.6 is 0 Å². The molecule has 4 rings (SSSR count). The third-order valence-corrected chi connectivity index (χ3v) is 6.27. The SMILES string of the molecule is COc1ccc2c(c1)nc(-c1ccc(O)c(OC)c1)n2-c1cc(C(C)(C)C)c(O)c(C(C)(C)C)c1. The van der Waals surface area contributed by atoms with E-state index in [0.717, 1.165) is 33.4 Å². The van der Waals surface area contributed by atoms with Gasteiger partial charge in [-0.05, 0) is 53.3 Å². The molecule has 0 aliphatic carbocycles. The van der Waals surface area contributed by atoms with Gasteiger partial charge in [-0.3, -0.25) is 4.57 Å². The van der Waals surface area contributed by atoms with Crippen LogP contribution in [0.1, 0.15) is 52.7 Å². The number of benzene rings is 3. The Labute approximate surface area is 206 Å². The molecule has 0 radical (unpaired) electrons. The van der Waals surface area contributed by atoms with Gasteiger partial charge in [-0.25, -0.2) is 4.98 Å². The maximum Gasteiger partial charge on any atom is 0.161 e. The molecule has 184 valence electrons. The van der Waals surface area contributed by atoms with Crippen molar-refractivity contribution in [3.8, 4) is 40.1 Å². The summed E-state index contributed by atoms with van der Waals surface area (Å²) in [5, 5.41) is 21.4. The van der Waals surface area contributed by atoms with Crippen LogP contribution in [0.25, 0.3) is 28.1 Å². The summed E-state index contributed by atoms with van der Waals surface area (Å²) in [6, 6.07) is 15.1. The molecular formula is C29H34N2O4. The molecule has 6 heteroatoms. The first-order valence-electron chi connectivity index (χ1n) is 11.7. The normalized spacial score (nSPS) is 12.2. The van der Waals surface area contributed by atoms with Crippen LogP contribution in [0.15, 0.2) is 48.5 Å². The first-order chi connectivity index (χ1) is 16.3. The van der Waals surface area contributed by atoms with E-state index < -0.39 is 0 Å². The number of aromatic hydroxyl groups is 2. The third kappa shape index (κ3) is 4.41. The minimum Gasteiger partial charge on any atom is -0.507 e. The maximum atomic E-state index is 11.3. The fourth-order valence-electron chi connectivity index (χ4n) is 4.35. The van der Waals surface area contributed by atoms with Gasteiger partial charge in [0.1, 0.15) is 17.3 Å². The number of aromatic nitrogens is 2. The highest BCUT2D eigenvalue weighted by Gasteiger charge is 2.28. The molecule has 0 saturated heterocycles. The Kier molecular flexibility index (Phi) is 5.95. The minimum absolute atomic E-state index is 0.0650. The van der Waals surface area contributed by atoms with E-state index in [1.54, 1.807) is 19.2 Å². The predicted molar refractivity (Wildman–Crippen MR) is 140 cm³/mol. The molecule has 35 heavy (non-hydrogen) atoms. The minimum atomic E-state index is -0.276. The molecule has 0 unspecified atom stereocenters. The highest BCUT2D eigenvalue weighted by Crippen LogP contribution is 2.42. The fourth-order valence-corrected chi connectivity index (χ4v) is 4.35. The largest absolute Gasteiger partial charge is 0.507 e. The summed E-state index contributed by atoms with van der Waals surface area (Å²) < 4.78 is 12.9. The molecule has 4 aromatic rings. The lowest BCUT2D eigenvalue weighted by atomic mass is 9.79. The number of methoxy groups -OCH3 is 2. The number of fused-ring (bicyclic) bond motifs is 1. The van der Waals surface area contributed by atoms with E-state index in [1.165, 1.54) is 7.11 Å². The summed E-state index contributed by atoms with van der Waals surface area (Å²) in [7, 11) is 3.16. The van der Waals surface area contributed by atoms with E-state index in [2.05, 4.69) is 46.1 Å². The number of rotatable bonds is 4. The molecule has 0 saturated carbocycles. The number of hydrogen-bond donors (Lipinski definition) is 2. The van der Waals surface area contributed by atoms with Gasteiger partial charge in [0.05, 0.1) is 25.3 Å². The average molecular weight is 475 g/mol. The van der Waals surface area contributed by atoms with Gasteiger partial charge in [0.2, 0.25) is 0 Å². The second kappa shape index (κ2) is 8.52. The molecule has 0 amide bonds. The van der Waals surface area contributed by atoms with Crippen molar-refractivity contribution in [3.63, 3.8) is 0 Å². The van der Waals surface area contributed by atoms with Gasteiger partial charge in [0.25, 0.3) is 0 Å². The van der Waals surface area contributed by atoms with Crippen LogP contribution in [0.3, 0.4) is 0 Å². The van der Waals surface area contributed by atoms with E-state index >= 15 is 0 Å². The Morgan fingerprint density at radius 1 is 0.771 bits per heavy atom. The van der Waals surface area contributed by atoms with Crippen molar-refractivity contribution >= 4 is 11.0 Å². The van der Waals surface area contributed by atoms with Crippen LogP contribution in [0.2, 0.25) is 0 Å². The van der Waals surface area contributed by atoms with Gasteiger partial charge in [-0.15, -0.1) is 0 Å². The predicted octanol–water partition coefficient (Wildman–Crippen LogP) is 6.72. The molecule has 1 aromatic heterocycles. The lowest BCUT2D eigenvalue weighted by molar-refractivity contribution is 0.373. The van der Waals surface area contributed by atoms with Crippen molar-refractivity contribution in [3.05, 3.63) is 59.7 Å². The van der Waals surface area contributed by atoms with Crippen LogP contribution in [-0.2, 0) is 10.8 Å². The Bertz CT molecular complexity index is 1370.